The van der Waals surface area contributed by atoms with Gasteiger partial charge in [-0.15, -0.1) is 0 Å². The van der Waals surface area contributed by atoms with E-state index in [4.69, 9.17) is 49.3 Å². The number of hydrogen-bond acceptors (Lipinski definition) is 6. The Morgan fingerprint density at radius 2 is 1.67 bits per heavy atom. The van der Waals surface area contributed by atoms with Gasteiger partial charge in [0.15, 0.2) is 4.80 Å². The molecule has 1 aromatic heterocycles. The van der Waals surface area contributed by atoms with Crippen molar-refractivity contribution >= 4 is 63.9 Å². The SMILES string of the molecule is CCOC(=O)C1=C(c2ccccc2)N=c2s/c(=C\c3ccccc3OCc3ccc(Cl)c(Cl)c3)c(=O)n2[C@@H]1c1ccc(Cl)cc1. The molecule has 0 bridgehead atoms. The van der Waals surface area contributed by atoms with Crippen molar-refractivity contribution in [3.63, 3.8) is 0 Å². The molecule has 0 unspecified atom stereocenters. The molecule has 1 atom stereocenters. The molecule has 0 fully saturated rings. The van der Waals surface area contributed by atoms with E-state index in [9.17, 15) is 9.59 Å². The first-order valence-electron chi connectivity index (χ1n) is 14.0. The van der Waals surface area contributed by atoms with Gasteiger partial charge in [0, 0.05) is 16.1 Å². The number of esters is 1. The molecule has 0 aliphatic carbocycles. The van der Waals surface area contributed by atoms with E-state index >= 15 is 0 Å². The highest BCUT2D eigenvalue weighted by molar-refractivity contribution is 7.07. The predicted molar refractivity (Wildman–Crippen MR) is 180 cm³/mol. The quantitative estimate of drug-likeness (QED) is 0.160. The molecule has 45 heavy (non-hydrogen) atoms. The fraction of sp³-hybridized carbons (Fsp3) is 0.114. The molecule has 6 rings (SSSR count). The van der Waals surface area contributed by atoms with E-state index in [1.54, 1.807) is 41.8 Å². The Morgan fingerprint density at radius 1 is 0.933 bits per heavy atom. The van der Waals surface area contributed by atoms with Gasteiger partial charge in [-0.2, -0.15) is 0 Å². The largest absolute Gasteiger partial charge is 0.488 e. The van der Waals surface area contributed by atoms with Gasteiger partial charge in [0.25, 0.3) is 5.56 Å². The van der Waals surface area contributed by atoms with Crippen LogP contribution >= 0.6 is 46.1 Å². The molecule has 2 heterocycles. The lowest BCUT2D eigenvalue weighted by Crippen LogP contribution is -2.40. The van der Waals surface area contributed by atoms with E-state index in [2.05, 4.69) is 0 Å². The lowest BCUT2D eigenvalue weighted by Gasteiger charge is -2.25. The van der Waals surface area contributed by atoms with Crippen LogP contribution in [0.2, 0.25) is 15.1 Å². The number of fused-ring (bicyclic) bond motifs is 1. The van der Waals surface area contributed by atoms with Crippen molar-refractivity contribution in [2.75, 3.05) is 6.61 Å². The average molecular weight is 676 g/mol. The molecule has 0 saturated heterocycles. The first-order chi connectivity index (χ1) is 21.8. The van der Waals surface area contributed by atoms with Gasteiger partial charge < -0.3 is 9.47 Å². The second-order valence-electron chi connectivity index (χ2n) is 10.1. The van der Waals surface area contributed by atoms with Gasteiger partial charge in [-0.1, -0.05) is 113 Å². The molecular formula is C35H25Cl3N2O4S. The van der Waals surface area contributed by atoms with Gasteiger partial charge in [0.05, 0.1) is 38.5 Å². The zero-order valence-corrected chi connectivity index (χ0v) is 27.0. The van der Waals surface area contributed by atoms with Gasteiger partial charge in [-0.25, -0.2) is 9.79 Å². The summed E-state index contributed by atoms with van der Waals surface area (Å²) in [5, 5.41) is 1.45. The smallest absolute Gasteiger partial charge is 0.338 e. The molecule has 0 saturated carbocycles. The number of aromatic nitrogens is 1. The second kappa shape index (κ2) is 13.5. The number of para-hydroxylation sites is 1. The Bertz CT molecular complexity index is 2110. The minimum atomic E-state index is -0.795. The first kappa shape index (κ1) is 30.9. The summed E-state index contributed by atoms with van der Waals surface area (Å²) in [7, 11) is 0. The summed E-state index contributed by atoms with van der Waals surface area (Å²) in [5.74, 6) is 0.0382. The van der Waals surface area contributed by atoms with E-state index in [0.717, 1.165) is 11.1 Å². The summed E-state index contributed by atoms with van der Waals surface area (Å²) in [6, 6.07) is 28.5. The summed E-state index contributed by atoms with van der Waals surface area (Å²) in [4.78, 5) is 33.2. The van der Waals surface area contributed by atoms with Crippen molar-refractivity contribution in [3.05, 3.63) is 160 Å². The lowest BCUT2D eigenvalue weighted by atomic mass is 9.93. The van der Waals surface area contributed by atoms with Crippen molar-refractivity contribution in [1.29, 1.82) is 0 Å². The van der Waals surface area contributed by atoms with Gasteiger partial charge >= 0.3 is 5.97 Å². The third-order valence-corrected chi connectivity index (χ3v) is 9.12. The molecule has 5 aromatic rings. The first-order valence-corrected chi connectivity index (χ1v) is 16.0. The molecule has 0 radical (unpaired) electrons. The van der Waals surface area contributed by atoms with E-state index in [1.165, 1.54) is 11.3 Å². The number of hydrogen-bond donors (Lipinski definition) is 0. The highest BCUT2D eigenvalue weighted by atomic mass is 35.5. The Labute approximate surface area is 278 Å². The van der Waals surface area contributed by atoms with Crippen molar-refractivity contribution < 1.29 is 14.3 Å². The van der Waals surface area contributed by atoms with Crippen LogP contribution in [0.4, 0.5) is 0 Å². The highest BCUT2D eigenvalue weighted by Gasteiger charge is 2.35. The van der Waals surface area contributed by atoms with Crippen LogP contribution in [-0.2, 0) is 16.1 Å². The summed E-state index contributed by atoms with van der Waals surface area (Å²) < 4.78 is 13.6. The standard InChI is InChI=1S/C35H25Cl3N2O4S/c1-2-43-34(42)30-31(22-8-4-3-5-9-22)39-35-40(32(30)23-13-15-25(36)16-14-23)33(41)29(45-35)19-24-10-6-7-11-28(24)44-20-21-12-17-26(37)27(38)18-21/h3-19,32H,2,20H2,1H3/b29-19-/t32-/m1/s1. The molecule has 0 N–H and O–H groups in total. The number of carbonyl (C=O) groups excluding carboxylic acids is 1. The second-order valence-corrected chi connectivity index (χ2v) is 12.3. The molecule has 4 aromatic carbocycles. The molecule has 0 amide bonds. The van der Waals surface area contributed by atoms with E-state index in [0.29, 0.717) is 47.0 Å². The van der Waals surface area contributed by atoms with Crippen LogP contribution in [-0.4, -0.2) is 17.1 Å². The molecular weight excluding hydrogens is 651 g/mol. The molecule has 6 nitrogen and oxygen atoms in total. The number of nitrogens with zero attached hydrogens (tertiary/aromatic N) is 2. The molecule has 1 aliphatic rings. The minimum absolute atomic E-state index is 0.168. The van der Waals surface area contributed by atoms with Gasteiger partial charge in [0.1, 0.15) is 12.4 Å². The van der Waals surface area contributed by atoms with Crippen LogP contribution in [0.15, 0.2) is 112 Å². The summed E-state index contributed by atoms with van der Waals surface area (Å²) in [6.45, 7) is 2.16. The molecule has 226 valence electrons. The van der Waals surface area contributed by atoms with Crippen LogP contribution in [0.1, 0.15) is 35.2 Å². The number of benzene rings is 4. The van der Waals surface area contributed by atoms with Gasteiger partial charge in [-0.05, 0) is 54.5 Å². The average Bonchev–Trinajstić information content (AvgIpc) is 3.36. The van der Waals surface area contributed by atoms with E-state index < -0.39 is 12.0 Å². The molecule has 1 aliphatic heterocycles. The monoisotopic (exact) mass is 674 g/mol. The Morgan fingerprint density at radius 3 is 2.40 bits per heavy atom. The van der Waals surface area contributed by atoms with E-state index in [1.807, 2.05) is 72.8 Å². The molecule has 0 spiro atoms. The fourth-order valence-electron chi connectivity index (χ4n) is 5.06. The number of carbonyl (C=O) groups is 1. The van der Waals surface area contributed by atoms with Gasteiger partial charge in [-0.3, -0.25) is 9.36 Å². The van der Waals surface area contributed by atoms with Crippen LogP contribution in [0.25, 0.3) is 11.8 Å². The van der Waals surface area contributed by atoms with Crippen molar-refractivity contribution in [2.24, 2.45) is 4.99 Å². The number of ether oxygens (including phenoxy) is 2. The maximum Gasteiger partial charge on any atom is 0.338 e. The number of thiazole rings is 1. The maximum absolute atomic E-state index is 14.2. The Hall–Kier alpha value is -4.14. The maximum atomic E-state index is 14.2. The zero-order chi connectivity index (χ0) is 31.5. The summed E-state index contributed by atoms with van der Waals surface area (Å²) in [5.41, 5.74) is 3.41. The van der Waals surface area contributed by atoms with Crippen LogP contribution < -0.4 is 19.6 Å². The van der Waals surface area contributed by atoms with Gasteiger partial charge in [0.2, 0.25) is 0 Å². The van der Waals surface area contributed by atoms with Crippen LogP contribution in [0, 0.1) is 0 Å². The van der Waals surface area contributed by atoms with Crippen molar-refractivity contribution in [2.45, 2.75) is 19.6 Å². The third kappa shape index (κ3) is 6.49. The lowest BCUT2D eigenvalue weighted by molar-refractivity contribution is -0.138. The molecule has 10 heteroatoms. The Kier molecular flexibility index (Phi) is 9.24. The van der Waals surface area contributed by atoms with Crippen molar-refractivity contribution in [1.82, 2.24) is 4.57 Å². The third-order valence-electron chi connectivity index (χ3n) is 7.14. The van der Waals surface area contributed by atoms with Crippen LogP contribution in [0.3, 0.4) is 0 Å². The number of halogens is 3. The Balaban J connectivity index is 1.50. The highest BCUT2D eigenvalue weighted by Crippen LogP contribution is 2.35. The fourth-order valence-corrected chi connectivity index (χ4v) is 6.50. The zero-order valence-electron chi connectivity index (χ0n) is 23.9. The van der Waals surface area contributed by atoms with Crippen molar-refractivity contribution in [3.8, 4) is 5.75 Å². The normalized spacial score (nSPS) is 14.6. The van der Waals surface area contributed by atoms with Crippen LogP contribution in [0.5, 0.6) is 5.75 Å². The summed E-state index contributed by atoms with van der Waals surface area (Å²) >= 11 is 19.7. The minimum Gasteiger partial charge on any atom is -0.488 e. The predicted octanol–water partition coefficient (Wildman–Crippen LogP) is 7.47. The topological polar surface area (TPSA) is 69.9 Å². The van der Waals surface area contributed by atoms with E-state index in [-0.39, 0.29) is 24.3 Å². The summed E-state index contributed by atoms with van der Waals surface area (Å²) in [6.07, 6.45) is 1.78. The number of rotatable bonds is 8.